The van der Waals surface area contributed by atoms with Crippen molar-refractivity contribution in [2.24, 2.45) is 5.41 Å². The molecule has 16 heavy (non-hydrogen) atoms. The van der Waals surface area contributed by atoms with Gasteiger partial charge in [0.1, 0.15) is 0 Å². The summed E-state index contributed by atoms with van der Waals surface area (Å²) >= 11 is 0. The van der Waals surface area contributed by atoms with Gasteiger partial charge in [0.25, 0.3) is 0 Å². The Labute approximate surface area is 98.8 Å². The Kier molecular flexibility index (Phi) is 4.78. The van der Waals surface area contributed by atoms with Crippen molar-refractivity contribution in [2.45, 2.75) is 59.0 Å². The molecular weight excluding hydrogens is 202 g/mol. The largest absolute Gasteiger partial charge is 0.391 e. The first kappa shape index (κ1) is 13.5. The van der Waals surface area contributed by atoms with Gasteiger partial charge in [-0.05, 0) is 18.3 Å². The van der Waals surface area contributed by atoms with Gasteiger partial charge in [-0.25, -0.2) is 0 Å². The summed E-state index contributed by atoms with van der Waals surface area (Å²) in [6.07, 6.45) is 4.66. The first-order valence-corrected chi connectivity index (χ1v) is 6.37. The number of likely N-dealkylation sites (tertiary alicyclic amines) is 1. The Hall–Kier alpha value is -0.570. The van der Waals surface area contributed by atoms with Crippen molar-refractivity contribution in [3.05, 3.63) is 0 Å². The lowest BCUT2D eigenvalue weighted by molar-refractivity contribution is -0.134. The average molecular weight is 227 g/mol. The molecule has 1 unspecified atom stereocenters. The van der Waals surface area contributed by atoms with Gasteiger partial charge in [-0.2, -0.15) is 0 Å². The second-order valence-electron chi connectivity index (χ2n) is 5.89. The summed E-state index contributed by atoms with van der Waals surface area (Å²) in [5.41, 5.74) is -0.150. The summed E-state index contributed by atoms with van der Waals surface area (Å²) in [7, 11) is 0. The zero-order valence-corrected chi connectivity index (χ0v) is 10.8. The normalized spacial score (nSPS) is 21.5. The van der Waals surface area contributed by atoms with Crippen LogP contribution >= 0.6 is 0 Å². The highest BCUT2D eigenvalue weighted by molar-refractivity contribution is 5.76. The van der Waals surface area contributed by atoms with E-state index in [0.29, 0.717) is 13.0 Å². The van der Waals surface area contributed by atoms with Crippen molar-refractivity contribution < 1.29 is 9.90 Å². The van der Waals surface area contributed by atoms with Crippen LogP contribution in [0.5, 0.6) is 0 Å². The fourth-order valence-electron chi connectivity index (χ4n) is 1.89. The molecule has 3 nitrogen and oxygen atoms in total. The minimum Gasteiger partial charge on any atom is -0.391 e. The lowest BCUT2D eigenvalue weighted by atomic mass is 9.88. The molecule has 0 bridgehead atoms. The summed E-state index contributed by atoms with van der Waals surface area (Å²) < 4.78 is 0. The van der Waals surface area contributed by atoms with Crippen LogP contribution in [0, 0.1) is 5.41 Å². The van der Waals surface area contributed by atoms with E-state index in [1.807, 2.05) is 25.7 Å². The number of aliphatic hydroxyl groups excluding tert-OH is 1. The number of β-amino-alcohol motifs (C(OH)–C–C–N with tert-alkyl or cyclic N) is 1. The molecule has 1 aliphatic heterocycles. The Balaban J connectivity index is 2.52. The molecule has 1 atom stereocenters. The van der Waals surface area contributed by atoms with Gasteiger partial charge in [-0.1, -0.05) is 33.6 Å². The molecule has 0 saturated carbocycles. The van der Waals surface area contributed by atoms with Crippen LogP contribution in [-0.4, -0.2) is 35.1 Å². The fraction of sp³-hybridized carbons (Fsp3) is 0.923. The second-order valence-corrected chi connectivity index (χ2v) is 5.89. The number of nitrogens with zero attached hydrogens (tertiary/aromatic N) is 1. The highest BCUT2D eigenvalue weighted by atomic mass is 16.3. The lowest BCUT2D eigenvalue weighted by Crippen LogP contribution is -2.43. The van der Waals surface area contributed by atoms with Crippen LogP contribution in [0.15, 0.2) is 0 Å². The van der Waals surface area contributed by atoms with Crippen molar-refractivity contribution in [2.75, 3.05) is 13.1 Å². The van der Waals surface area contributed by atoms with E-state index < -0.39 is 6.10 Å². The SMILES string of the molecule is CC(C)(C)C(O)CN1CCCCCCC1=O. The topological polar surface area (TPSA) is 40.5 Å². The number of carbonyl (C=O) groups is 1. The molecule has 1 rings (SSSR count). The molecule has 1 fully saturated rings. The first-order chi connectivity index (χ1) is 7.41. The molecule has 1 saturated heterocycles. The molecule has 1 heterocycles. The van der Waals surface area contributed by atoms with E-state index in [0.717, 1.165) is 19.4 Å². The maximum absolute atomic E-state index is 11.8. The van der Waals surface area contributed by atoms with Crippen LogP contribution < -0.4 is 0 Å². The van der Waals surface area contributed by atoms with Crippen LogP contribution in [0.4, 0.5) is 0 Å². The van der Waals surface area contributed by atoms with Gasteiger partial charge >= 0.3 is 0 Å². The summed E-state index contributed by atoms with van der Waals surface area (Å²) in [6, 6.07) is 0. The Morgan fingerprint density at radius 2 is 1.88 bits per heavy atom. The molecular formula is C13H25NO2. The molecule has 1 N–H and O–H groups in total. The molecule has 3 heteroatoms. The van der Waals surface area contributed by atoms with E-state index in [9.17, 15) is 9.90 Å². The Morgan fingerprint density at radius 1 is 1.25 bits per heavy atom. The molecule has 0 aromatic heterocycles. The molecule has 1 amide bonds. The van der Waals surface area contributed by atoms with Crippen molar-refractivity contribution >= 4 is 5.91 Å². The Bertz CT molecular complexity index is 233. The maximum atomic E-state index is 11.8. The van der Waals surface area contributed by atoms with Gasteiger partial charge in [0, 0.05) is 19.5 Å². The molecule has 0 radical (unpaired) electrons. The number of aliphatic hydroxyl groups is 1. The van der Waals surface area contributed by atoms with E-state index in [1.54, 1.807) is 0 Å². The van der Waals surface area contributed by atoms with Crippen molar-refractivity contribution in [3.8, 4) is 0 Å². The monoisotopic (exact) mass is 227 g/mol. The van der Waals surface area contributed by atoms with E-state index in [-0.39, 0.29) is 11.3 Å². The van der Waals surface area contributed by atoms with Gasteiger partial charge in [-0.15, -0.1) is 0 Å². The summed E-state index contributed by atoms with van der Waals surface area (Å²) in [5, 5.41) is 10.0. The average Bonchev–Trinajstić information content (AvgIpc) is 2.16. The van der Waals surface area contributed by atoms with E-state index >= 15 is 0 Å². The van der Waals surface area contributed by atoms with Crippen LogP contribution in [0.1, 0.15) is 52.9 Å². The second kappa shape index (κ2) is 5.67. The predicted octanol–water partition coefficient (Wildman–Crippen LogP) is 2.19. The first-order valence-electron chi connectivity index (χ1n) is 6.37. The Morgan fingerprint density at radius 3 is 2.50 bits per heavy atom. The van der Waals surface area contributed by atoms with Gasteiger partial charge in [0.2, 0.25) is 5.91 Å². The van der Waals surface area contributed by atoms with Crippen molar-refractivity contribution in [1.82, 2.24) is 4.90 Å². The minimum atomic E-state index is -0.434. The van der Waals surface area contributed by atoms with Gasteiger partial charge in [-0.3, -0.25) is 4.79 Å². The third-order valence-electron chi connectivity index (χ3n) is 3.31. The summed E-state index contributed by atoms with van der Waals surface area (Å²) in [4.78, 5) is 13.7. The lowest BCUT2D eigenvalue weighted by Gasteiger charge is -2.32. The van der Waals surface area contributed by atoms with Gasteiger partial charge in [0.15, 0.2) is 0 Å². The number of hydrogen-bond donors (Lipinski definition) is 1. The van der Waals surface area contributed by atoms with Crippen LogP contribution in [0.25, 0.3) is 0 Å². The van der Waals surface area contributed by atoms with E-state index in [2.05, 4.69) is 0 Å². The molecule has 0 aromatic rings. The third-order valence-corrected chi connectivity index (χ3v) is 3.31. The summed E-state index contributed by atoms with van der Waals surface area (Å²) in [6.45, 7) is 7.32. The number of amides is 1. The zero-order chi connectivity index (χ0) is 12.2. The quantitative estimate of drug-likeness (QED) is 0.785. The van der Waals surface area contributed by atoms with Crippen LogP contribution in [0.3, 0.4) is 0 Å². The van der Waals surface area contributed by atoms with Crippen LogP contribution in [-0.2, 0) is 4.79 Å². The molecule has 0 spiro atoms. The number of rotatable bonds is 2. The highest BCUT2D eigenvalue weighted by Gasteiger charge is 2.26. The predicted molar refractivity (Wildman–Crippen MR) is 65.1 cm³/mol. The van der Waals surface area contributed by atoms with E-state index in [1.165, 1.54) is 12.8 Å². The summed E-state index contributed by atoms with van der Waals surface area (Å²) in [5.74, 6) is 0.211. The number of carbonyl (C=O) groups excluding carboxylic acids is 1. The van der Waals surface area contributed by atoms with E-state index in [4.69, 9.17) is 0 Å². The fourth-order valence-corrected chi connectivity index (χ4v) is 1.89. The van der Waals surface area contributed by atoms with Gasteiger partial charge in [0.05, 0.1) is 6.10 Å². The minimum absolute atomic E-state index is 0.150. The smallest absolute Gasteiger partial charge is 0.222 e. The van der Waals surface area contributed by atoms with Crippen molar-refractivity contribution in [3.63, 3.8) is 0 Å². The van der Waals surface area contributed by atoms with Gasteiger partial charge < -0.3 is 10.0 Å². The maximum Gasteiger partial charge on any atom is 0.222 e. The molecule has 0 aliphatic carbocycles. The third kappa shape index (κ3) is 4.12. The highest BCUT2D eigenvalue weighted by Crippen LogP contribution is 2.21. The van der Waals surface area contributed by atoms with Crippen molar-refractivity contribution in [1.29, 1.82) is 0 Å². The molecule has 94 valence electrons. The number of hydrogen-bond acceptors (Lipinski definition) is 2. The standard InChI is InChI=1S/C13H25NO2/c1-13(2,3)11(15)10-14-9-7-5-4-6-8-12(14)16/h11,15H,4-10H2,1-3H3. The van der Waals surface area contributed by atoms with Crippen LogP contribution in [0.2, 0.25) is 0 Å². The zero-order valence-electron chi connectivity index (χ0n) is 10.8. The molecule has 1 aliphatic rings. The molecule has 0 aromatic carbocycles.